The quantitative estimate of drug-likeness (QED) is 0.297. The third kappa shape index (κ3) is 9.24. The number of rotatable bonds is 9. The van der Waals surface area contributed by atoms with E-state index in [2.05, 4.69) is 10.6 Å². The molecule has 0 aliphatic rings. The maximum absolute atomic E-state index is 12.7. The van der Waals surface area contributed by atoms with Crippen LogP contribution in [0.1, 0.15) is 66.4 Å². The van der Waals surface area contributed by atoms with Crippen LogP contribution in [0.3, 0.4) is 0 Å². The van der Waals surface area contributed by atoms with Crippen LogP contribution in [0.15, 0.2) is 30.5 Å². The number of hydrogen-bond acceptors (Lipinski definition) is 7. The molecule has 0 saturated carbocycles. The zero-order valence-electron chi connectivity index (χ0n) is 21.9. The van der Waals surface area contributed by atoms with E-state index in [1.165, 1.54) is 11.7 Å². The lowest BCUT2D eigenvalue weighted by Gasteiger charge is -2.20. The first-order chi connectivity index (χ1) is 16.3. The highest BCUT2D eigenvalue weighted by Crippen LogP contribution is 2.23. The minimum Gasteiger partial charge on any atom is -0.468 e. The molecular weight excluding hydrogens is 450 g/mol. The van der Waals surface area contributed by atoms with Gasteiger partial charge in [0.1, 0.15) is 17.2 Å². The van der Waals surface area contributed by atoms with E-state index < -0.39 is 29.4 Å². The van der Waals surface area contributed by atoms with Crippen molar-refractivity contribution in [3.63, 3.8) is 0 Å². The van der Waals surface area contributed by atoms with Crippen LogP contribution in [0.5, 0.6) is 0 Å². The number of benzene rings is 1. The zero-order chi connectivity index (χ0) is 26.2. The summed E-state index contributed by atoms with van der Waals surface area (Å²) in [6, 6.07) is 7.04. The van der Waals surface area contributed by atoms with E-state index in [4.69, 9.17) is 14.2 Å². The predicted molar refractivity (Wildman–Crippen MR) is 134 cm³/mol. The Labute approximate surface area is 207 Å². The maximum Gasteiger partial charge on any atom is 0.419 e. The van der Waals surface area contributed by atoms with Gasteiger partial charge in [0.25, 0.3) is 0 Å². The van der Waals surface area contributed by atoms with Gasteiger partial charge in [0.2, 0.25) is 0 Å². The normalized spacial score (nSPS) is 12.8. The molecule has 0 saturated heterocycles. The van der Waals surface area contributed by atoms with E-state index in [-0.39, 0.29) is 5.97 Å². The number of unbranched alkanes of at least 4 members (excludes halogenated alkanes) is 1. The number of nitrogens with zero attached hydrogens (tertiary/aromatic N) is 1. The molecule has 0 aliphatic carbocycles. The second-order valence-electron chi connectivity index (χ2n) is 10.4. The molecule has 1 aromatic heterocycles. The summed E-state index contributed by atoms with van der Waals surface area (Å²) in [5, 5.41) is 6.88. The molecule has 1 aromatic carbocycles. The first-order valence-electron chi connectivity index (χ1n) is 11.9. The number of alkyl carbamates (subject to hydrolysis) is 1. The van der Waals surface area contributed by atoms with Crippen molar-refractivity contribution >= 4 is 29.1 Å². The van der Waals surface area contributed by atoms with Crippen LogP contribution in [0.25, 0.3) is 10.9 Å². The molecule has 9 nitrogen and oxygen atoms in total. The summed E-state index contributed by atoms with van der Waals surface area (Å²) in [4.78, 5) is 36.8. The van der Waals surface area contributed by atoms with Gasteiger partial charge in [-0.1, -0.05) is 18.2 Å². The van der Waals surface area contributed by atoms with E-state index >= 15 is 0 Å². The second-order valence-corrected chi connectivity index (χ2v) is 10.4. The van der Waals surface area contributed by atoms with Gasteiger partial charge in [0.15, 0.2) is 0 Å². The number of carbonyl (C=O) groups excluding carboxylic acids is 3. The Kier molecular flexibility index (Phi) is 9.71. The highest BCUT2D eigenvalue weighted by molar-refractivity contribution is 5.92. The zero-order valence-corrected chi connectivity index (χ0v) is 21.9. The average Bonchev–Trinajstić information content (AvgIpc) is 3.11. The van der Waals surface area contributed by atoms with Crippen molar-refractivity contribution in [3.8, 4) is 0 Å². The lowest BCUT2D eigenvalue weighted by molar-refractivity contribution is -0.143. The number of ether oxygens (including phenoxy) is 3. The van der Waals surface area contributed by atoms with E-state index in [9.17, 15) is 14.4 Å². The van der Waals surface area contributed by atoms with Gasteiger partial charge in [-0.15, -0.1) is 0 Å². The van der Waals surface area contributed by atoms with Crippen molar-refractivity contribution in [1.29, 1.82) is 0 Å². The highest BCUT2D eigenvalue weighted by Gasteiger charge is 2.23. The van der Waals surface area contributed by atoms with Crippen LogP contribution in [0, 0.1) is 0 Å². The van der Waals surface area contributed by atoms with Crippen molar-refractivity contribution in [2.45, 2.75) is 84.6 Å². The van der Waals surface area contributed by atoms with E-state index in [0.29, 0.717) is 32.4 Å². The van der Waals surface area contributed by atoms with Crippen molar-refractivity contribution in [2.75, 3.05) is 13.7 Å². The molecule has 194 valence electrons. The molecule has 9 heteroatoms. The topological polar surface area (TPSA) is 108 Å². The van der Waals surface area contributed by atoms with E-state index in [1.807, 2.05) is 65.8 Å². The van der Waals surface area contributed by atoms with Gasteiger partial charge in [-0.2, -0.15) is 0 Å². The molecule has 0 aliphatic heterocycles. The number of hydrogen-bond donors (Lipinski definition) is 2. The molecule has 0 fully saturated rings. The minimum absolute atomic E-state index is 0.360. The fourth-order valence-electron chi connectivity index (χ4n) is 3.51. The summed E-state index contributed by atoms with van der Waals surface area (Å²) in [7, 11) is 1.36. The number of carbonyl (C=O) groups is 3. The van der Waals surface area contributed by atoms with Crippen molar-refractivity contribution in [1.82, 2.24) is 15.2 Å². The molecule has 1 atom stereocenters. The molecule has 35 heavy (non-hydrogen) atoms. The lowest BCUT2D eigenvalue weighted by atomic mass is 10.1. The van der Waals surface area contributed by atoms with Gasteiger partial charge in [-0.3, -0.25) is 9.36 Å². The number of aromatic nitrogens is 1. The number of fused-ring (bicyclic) bond motifs is 1. The Morgan fingerprint density at radius 1 is 0.971 bits per heavy atom. The maximum atomic E-state index is 12.7. The SMILES string of the molecule is COC(=O)[C@H](CCCCNC(=O)OC(C)(C)C)NCc1cn(C(=O)OC(C)(C)C)c2ccccc12. The summed E-state index contributed by atoms with van der Waals surface area (Å²) in [6.45, 7) is 11.7. The molecule has 2 aromatic rings. The van der Waals surface area contributed by atoms with Gasteiger partial charge in [-0.25, -0.2) is 9.59 Å². The molecule has 2 rings (SSSR count). The Bertz CT molecular complexity index is 1020. The molecule has 0 radical (unpaired) electrons. The standard InChI is InChI=1S/C26H39N3O6/c1-25(2,3)34-23(31)27-15-11-10-13-20(22(30)33-7)28-16-18-17-29(24(32)35-26(4,5)6)21-14-9-8-12-19(18)21/h8-9,12,14,17,20,28H,10-11,13,15-16H2,1-7H3,(H,27,31)/t20-/m0/s1. The second kappa shape index (κ2) is 12.1. The molecular formula is C26H39N3O6. The average molecular weight is 490 g/mol. The van der Waals surface area contributed by atoms with Gasteiger partial charge in [0.05, 0.1) is 12.6 Å². The molecule has 1 amide bonds. The minimum atomic E-state index is -0.616. The predicted octanol–water partition coefficient (Wildman–Crippen LogP) is 4.75. The Balaban J connectivity index is 1.99. The molecule has 2 N–H and O–H groups in total. The van der Waals surface area contributed by atoms with Crippen molar-refractivity contribution in [2.24, 2.45) is 0 Å². The fourth-order valence-corrected chi connectivity index (χ4v) is 3.51. The molecule has 0 unspecified atom stereocenters. The Morgan fingerprint density at radius 3 is 2.26 bits per heavy atom. The Morgan fingerprint density at radius 2 is 1.63 bits per heavy atom. The summed E-state index contributed by atoms with van der Waals surface area (Å²) in [6.07, 6.45) is 2.75. The third-order valence-electron chi connectivity index (χ3n) is 5.00. The smallest absolute Gasteiger partial charge is 0.419 e. The van der Waals surface area contributed by atoms with Gasteiger partial charge < -0.3 is 24.8 Å². The van der Waals surface area contributed by atoms with Gasteiger partial charge in [-0.05, 0) is 72.4 Å². The number of esters is 1. The lowest BCUT2D eigenvalue weighted by Crippen LogP contribution is -2.37. The fraction of sp³-hybridized carbons (Fsp3) is 0.577. The van der Waals surface area contributed by atoms with E-state index in [1.54, 1.807) is 6.20 Å². The Hall–Kier alpha value is -3.07. The van der Waals surface area contributed by atoms with E-state index in [0.717, 1.165) is 16.5 Å². The summed E-state index contributed by atoms with van der Waals surface area (Å²) in [5.74, 6) is -0.360. The number of amides is 1. The van der Waals surface area contributed by atoms with Crippen LogP contribution >= 0.6 is 0 Å². The van der Waals surface area contributed by atoms with Crippen LogP contribution < -0.4 is 10.6 Å². The third-order valence-corrected chi connectivity index (χ3v) is 5.00. The number of nitrogens with one attached hydrogen (secondary N) is 2. The monoisotopic (exact) mass is 489 g/mol. The largest absolute Gasteiger partial charge is 0.468 e. The van der Waals surface area contributed by atoms with Crippen LogP contribution in [-0.4, -0.2) is 53.6 Å². The highest BCUT2D eigenvalue weighted by atomic mass is 16.6. The first kappa shape index (κ1) is 28.2. The number of para-hydroxylation sites is 1. The number of methoxy groups -OCH3 is 1. The van der Waals surface area contributed by atoms with Crippen LogP contribution in [-0.2, 0) is 25.5 Å². The molecule has 1 heterocycles. The molecule has 0 bridgehead atoms. The van der Waals surface area contributed by atoms with Crippen LogP contribution in [0.4, 0.5) is 9.59 Å². The van der Waals surface area contributed by atoms with Gasteiger partial charge >= 0.3 is 18.2 Å². The molecule has 0 spiro atoms. The van der Waals surface area contributed by atoms with Crippen LogP contribution in [0.2, 0.25) is 0 Å². The van der Waals surface area contributed by atoms with Gasteiger partial charge in [0, 0.05) is 24.7 Å². The summed E-state index contributed by atoms with van der Waals surface area (Å²) in [5.41, 5.74) is 0.444. The van der Waals surface area contributed by atoms with Crippen molar-refractivity contribution in [3.05, 3.63) is 36.0 Å². The van der Waals surface area contributed by atoms with Crippen molar-refractivity contribution < 1.29 is 28.6 Å². The first-order valence-corrected chi connectivity index (χ1v) is 11.9. The summed E-state index contributed by atoms with van der Waals surface area (Å²) < 4.78 is 17.2. The summed E-state index contributed by atoms with van der Waals surface area (Å²) >= 11 is 0.